The van der Waals surface area contributed by atoms with E-state index in [2.05, 4.69) is 31.1 Å². The standard InChI is InChI=1S/C16H26N2O2/c1-4-6-17-11-14-10-15(5-7-18-14)20-16-8-12(2)19-13(3)9-16/h5,7,10,12-13,16-17H,4,6,8-9,11H2,1-3H3. The van der Waals surface area contributed by atoms with Crippen LogP contribution in [0.25, 0.3) is 0 Å². The molecule has 0 bridgehead atoms. The Morgan fingerprint density at radius 3 is 2.80 bits per heavy atom. The molecule has 0 amide bonds. The molecule has 0 saturated carbocycles. The zero-order chi connectivity index (χ0) is 14.4. The highest BCUT2D eigenvalue weighted by atomic mass is 16.5. The SMILES string of the molecule is CCCNCc1cc(OC2CC(C)OC(C)C2)ccn1. The molecule has 1 aromatic heterocycles. The van der Waals surface area contributed by atoms with Gasteiger partial charge in [-0.25, -0.2) is 0 Å². The van der Waals surface area contributed by atoms with Crippen LogP contribution in [-0.2, 0) is 11.3 Å². The molecular weight excluding hydrogens is 252 g/mol. The van der Waals surface area contributed by atoms with E-state index in [0.29, 0.717) is 0 Å². The van der Waals surface area contributed by atoms with E-state index in [1.165, 1.54) is 0 Å². The Balaban J connectivity index is 1.90. The third kappa shape index (κ3) is 4.76. The van der Waals surface area contributed by atoms with Crippen LogP contribution < -0.4 is 10.1 Å². The van der Waals surface area contributed by atoms with Gasteiger partial charge in [0.2, 0.25) is 0 Å². The molecule has 1 aliphatic heterocycles. The van der Waals surface area contributed by atoms with Gasteiger partial charge in [-0.1, -0.05) is 6.92 Å². The van der Waals surface area contributed by atoms with Gasteiger partial charge in [0, 0.05) is 31.6 Å². The molecule has 1 aliphatic rings. The Bertz CT molecular complexity index is 401. The average Bonchev–Trinajstić information content (AvgIpc) is 2.38. The van der Waals surface area contributed by atoms with Gasteiger partial charge in [0.25, 0.3) is 0 Å². The van der Waals surface area contributed by atoms with Crippen LogP contribution in [0.15, 0.2) is 18.3 Å². The summed E-state index contributed by atoms with van der Waals surface area (Å²) < 4.78 is 11.8. The van der Waals surface area contributed by atoms with Crippen molar-refractivity contribution in [2.24, 2.45) is 0 Å². The average molecular weight is 278 g/mol. The van der Waals surface area contributed by atoms with Gasteiger partial charge in [-0.05, 0) is 32.9 Å². The molecule has 2 rings (SSSR count). The Hall–Kier alpha value is -1.13. The molecule has 4 nitrogen and oxygen atoms in total. The summed E-state index contributed by atoms with van der Waals surface area (Å²) in [6.45, 7) is 8.19. The van der Waals surface area contributed by atoms with Crippen LogP contribution in [0.5, 0.6) is 5.75 Å². The number of nitrogens with zero attached hydrogens (tertiary/aromatic N) is 1. The van der Waals surface area contributed by atoms with Gasteiger partial charge in [0.1, 0.15) is 11.9 Å². The minimum Gasteiger partial charge on any atom is -0.490 e. The highest BCUT2D eigenvalue weighted by Crippen LogP contribution is 2.24. The molecule has 1 aromatic rings. The van der Waals surface area contributed by atoms with Gasteiger partial charge in [-0.2, -0.15) is 0 Å². The first-order valence-electron chi connectivity index (χ1n) is 7.65. The van der Waals surface area contributed by atoms with E-state index in [1.807, 2.05) is 18.3 Å². The second kappa shape index (κ2) is 7.60. The normalized spacial score (nSPS) is 26.4. The van der Waals surface area contributed by atoms with Crippen LogP contribution in [0.4, 0.5) is 0 Å². The predicted molar refractivity (Wildman–Crippen MR) is 79.9 cm³/mol. The lowest BCUT2D eigenvalue weighted by Crippen LogP contribution is -2.35. The second-order valence-electron chi connectivity index (χ2n) is 5.63. The number of pyridine rings is 1. The van der Waals surface area contributed by atoms with Crippen LogP contribution in [0.1, 0.15) is 45.7 Å². The summed E-state index contributed by atoms with van der Waals surface area (Å²) in [4.78, 5) is 4.37. The first-order valence-corrected chi connectivity index (χ1v) is 7.65. The topological polar surface area (TPSA) is 43.4 Å². The molecule has 0 aliphatic carbocycles. The summed E-state index contributed by atoms with van der Waals surface area (Å²) in [7, 11) is 0. The van der Waals surface area contributed by atoms with Crippen molar-refractivity contribution in [3.8, 4) is 5.75 Å². The van der Waals surface area contributed by atoms with Gasteiger partial charge >= 0.3 is 0 Å². The minimum absolute atomic E-state index is 0.243. The molecule has 1 saturated heterocycles. The molecule has 0 aromatic carbocycles. The van der Waals surface area contributed by atoms with Crippen molar-refractivity contribution in [1.29, 1.82) is 0 Å². The van der Waals surface area contributed by atoms with Crippen molar-refractivity contribution in [2.75, 3.05) is 6.54 Å². The Labute approximate surface area is 121 Å². The number of ether oxygens (including phenoxy) is 2. The Kier molecular flexibility index (Phi) is 5.80. The Morgan fingerprint density at radius 2 is 2.10 bits per heavy atom. The van der Waals surface area contributed by atoms with Crippen LogP contribution in [0, 0.1) is 0 Å². The van der Waals surface area contributed by atoms with Gasteiger partial charge in [-0.15, -0.1) is 0 Å². The molecule has 2 unspecified atom stereocenters. The van der Waals surface area contributed by atoms with E-state index in [4.69, 9.17) is 9.47 Å². The van der Waals surface area contributed by atoms with Crippen molar-refractivity contribution in [2.45, 2.75) is 64.9 Å². The van der Waals surface area contributed by atoms with Crippen molar-refractivity contribution in [3.05, 3.63) is 24.0 Å². The van der Waals surface area contributed by atoms with Gasteiger partial charge in [-0.3, -0.25) is 4.98 Å². The van der Waals surface area contributed by atoms with E-state index >= 15 is 0 Å². The van der Waals surface area contributed by atoms with Crippen molar-refractivity contribution >= 4 is 0 Å². The Morgan fingerprint density at radius 1 is 1.35 bits per heavy atom. The summed E-state index contributed by atoms with van der Waals surface area (Å²) >= 11 is 0. The number of hydrogen-bond acceptors (Lipinski definition) is 4. The maximum atomic E-state index is 6.10. The minimum atomic E-state index is 0.243. The molecule has 2 atom stereocenters. The van der Waals surface area contributed by atoms with Crippen LogP contribution >= 0.6 is 0 Å². The van der Waals surface area contributed by atoms with Crippen molar-refractivity contribution in [1.82, 2.24) is 10.3 Å². The van der Waals surface area contributed by atoms with Crippen molar-refractivity contribution in [3.63, 3.8) is 0 Å². The quantitative estimate of drug-likeness (QED) is 0.813. The lowest BCUT2D eigenvalue weighted by Gasteiger charge is -2.32. The number of rotatable bonds is 6. The molecule has 1 N–H and O–H groups in total. The molecule has 0 radical (unpaired) electrons. The van der Waals surface area contributed by atoms with E-state index in [0.717, 1.165) is 43.8 Å². The molecule has 1 fully saturated rings. The largest absolute Gasteiger partial charge is 0.490 e. The smallest absolute Gasteiger partial charge is 0.123 e. The summed E-state index contributed by atoms with van der Waals surface area (Å²) in [5.74, 6) is 0.916. The summed E-state index contributed by atoms with van der Waals surface area (Å²) in [6, 6.07) is 3.97. The lowest BCUT2D eigenvalue weighted by molar-refractivity contribution is -0.0721. The van der Waals surface area contributed by atoms with Gasteiger partial charge in [0.05, 0.1) is 17.9 Å². The maximum Gasteiger partial charge on any atom is 0.123 e. The first-order chi connectivity index (χ1) is 9.67. The van der Waals surface area contributed by atoms with Crippen molar-refractivity contribution < 1.29 is 9.47 Å². The predicted octanol–water partition coefficient (Wildman–Crippen LogP) is 2.92. The van der Waals surface area contributed by atoms with Crippen LogP contribution in [0.3, 0.4) is 0 Å². The van der Waals surface area contributed by atoms with E-state index in [9.17, 15) is 0 Å². The molecular formula is C16H26N2O2. The van der Waals surface area contributed by atoms with E-state index in [1.54, 1.807) is 0 Å². The van der Waals surface area contributed by atoms with E-state index in [-0.39, 0.29) is 18.3 Å². The monoisotopic (exact) mass is 278 g/mol. The zero-order valence-corrected chi connectivity index (χ0v) is 12.8. The third-order valence-corrected chi connectivity index (χ3v) is 3.48. The fourth-order valence-corrected chi connectivity index (χ4v) is 2.65. The summed E-state index contributed by atoms with van der Waals surface area (Å²) in [5, 5.41) is 3.36. The molecule has 4 heteroatoms. The lowest BCUT2D eigenvalue weighted by atomic mass is 10.0. The summed E-state index contributed by atoms with van der Waals surface area (Å²) in [5.41, 5.74) is 1.03. The molecule has 112 valence electrons. The third-order valence-electron chi connectivity index (χ3n) is 3.48. The van der Waals surface area contributed by atoms with Crippen LogP contribution in [-0.4, -0.2) is 29.8 Å². The number of aromatic nitrogens is 1. The van der Waals surface area contributed by atoms with Gasteiger partial charge in [0.15, 0.2) is 0 Å². The number of hydrogen-bond donors (Lipinski definition) is 1. The molecule has 2 heterocycles. The zero-order valence-electron chi connectivity index (χ0n) is 12.8. The number of nitrogens with one attached hydrogen (secondary N) is 1. The molecule has 0 spiro atoms. The summed E-state index contributed by atoms with van der Waals surface area (Å²) in [6.07, 6.45) is 5.66. The first kappa shape index (κ1) is 15.3. The highest BCUT2D eigenvalue weighted by molar-refractivity contribution is 5.23. The second-order valence-corrected chi connectivity index (χ2v) is 5.63. The maximum absolute atomic E-state index is 6.10. The fourth-order valence-electron chi connectivity index (χ4n) is 2.65. The fraction of sp³-hybridized carbons (Fsp3) is 0.688. The van der Waals surface area contributed by atoms with Gasteiger partial charge < -0.3 is 14.8 Å². The molecule has 20 heavy (non-hydrogen) atoms. The highest BCUT2D eigenvalue weighted by Gasteiger charge is 2.25. The van der Waals surface area contributed by atoms with Crippen LogP contribution in [0.2, 0.25) is 0 Å². The van der Waals surface area contributed by atoms with E-state index < -0.39 is 0 Å².